The second-order valence-electron chi connectivity index (χ2n) is 5.48. The first kappa shape index (κ1) is 14.8. The maximum Gasteiger partial charge on any atom is 0.389 e. The van der Waals surface area contributed by atoms with Crippen LogP contribution in [0.25, 0.3) is 0 Å². The van der Waals surface area contributed by atoms with E-state index in [0.717, 1.165) is 32.2 Å². The first-order valence-electron chi connectivity index (χ1n) is 6.67. The number of hydrogen-bond acceptors (Lipinski definition) is 1. The standard InChI is InChI=1S/C13H24F3N/c1-3-17-11(7-10-13(14,15)16)12(2)8-5-4-6-9-12/h11,17H,3-10H2,1-2H3. The molecule has 0 radical (unpaired) electrons. The monoisotopic (exact) mass is 251 g/mol. The zero-order chi connectivity index (χ0) is 12.9. The summed E-state index contributed by atoms with van der Waals surface area (Å²) in [5, 5.41) is 3.27. The van der Waals surface area contributed by atoms with Gasteiger partial charge in [0.1, 0.15) is 0 Å². The third-order valence-corrected chi connectivity index (χ3v) is 4.00. The zero-order valence-electron chi connectivity index (χ0n) is 10.9. The lowest BCUT2D eigenvalue weighted by Gasteiger charge is -2.41. The lowest BCUT2D eigenvalue weighted by molar-refractivity contribution is -0.138. The Labute approximate surface area is 102 Å². The molecule has 0 aromatic rings. The fourth-order valence-electron chi connectivity index (χ4n) is 2.96. The van der Waals surface area contributed by atoms with Crippen LogP contribution in [0.4, 0.5) is 13.2 Å². The molecule has 0 heterocycles. The highest BCUT2D eigenvalue weighted by Crippen LogP contribution is 2.41. The highest BCUT2D eigenvalue weighted by atomic mass is 19.4. The first-order valence-corrected chi connectivity index (χ1v) is 6.67. The summed E-state index contributed by atoms with van der Waals surface area (Å²) >= 11 is 0. The minimum Gasteiger partial charge on any atom is -0.314 e. The van der Waals surface area contributed by atoms with Gasteiger partial charge in [0.05, 0.1) is 0 Å². The lowest BCUT2D eigenvalue weighted by atomic mass is 9.69. The molecule has 1 aliphatic rings. The van der Waals surface area contributed by atoms with E-state index in [-0.39, 0.29) is 17.9 Å². The lowest BCUT2D eigenvalue weighted by Crippen LogP contribution is -2.45. The molecular formula is C13H24F3N. The van der Waals surface area contributed by atoms with E-state index >= 15 is 0 Å². The summed E-state index contributed by atoms with van der Waals surface area (Å²) in [5.41, 5.74) is 0.0551. The summed E-state index contributed by atoms with van der Waals surface area (Å²) in [4.78, 5) is 0. The molecule has 4 heteroatoms. The van der Waals surface area contributed by atoms with Crippen LogP contribution in [-0.4, -0.2) is 18.8 Å². The Morgan fingerprint density at radius 2 is 1.76 bits per heavy atom. The van der Waals surface area contributed by atoms with E-state index < -0.39 is 12.6 Å². The zero-order valence-corrected chi connectivity index (χ0v) is 10.9. The van der Waals surface area contributed by atoms with Gasteiger partial charge in [-0.25, -0.2) is 0 Å². The SMILES string of the molecule is CCNC(CCC(F)(F)F)C1(C)CCCCC1. The highest BCUT2D eigenvalue weighted by Gasteiger charge is 2.37. The van der Waals surface area contributed by atoms with Crippen molar-refractivity contribution in [2.75, 3.05) is 6.54 Å². The molecule has 0 bridgehead atoms. The second-order valence-corrected chi connectivity index (χ2v) is 5.48. The van der Waals surface area contributed by atoms with Crippen LogP contribution in [0.1, 0.15) is 58.8 Å². The minimum absolute atomic E-state index is 0.00873. The van der Waals surface area contributed by atoms with Gasteiger partial charge in [0.15, 0.2) is 0 Å². The molecule has 0 aliphatic heterocycles. The van der Waals surface area contributed by atoms with Crippen molar-refractivity contribution in [1.29, 1.82) is 0 Å². The highest BCUT2D eigenvalue weighted by molar-refractivity contribution is 4.90. The van der Waals surface area contributed by atoms with Crippen LogP contribution in [0.15, 0.2) is 0 Å². The van der Waals surface area contributed by atoms with Crippen LogP contribution in [-0.2, 0) is 0 Å². The predicted molar refractivity (Wildman–Crippen MR) is 63.9 cm³/mol. The summed E-state index contributed by atoms with van der Waals surface area (Å²) in [5.74, 6) is 0. The van der Waals surface area contributed by atoms with Crippen molar-refractivity contribution in [2.45, 2.75) is 71.0 Å². The van der Waals surface area contributed by atoms with E-state index in [1.807, 2.05) is 6.92 Å². The molecule has 17 heavy (non-hydrogen) atoms. The Morgan fingerprint density at radius 3 is 2.24 bits per heavy atom. The van der Waals surface area contributed by atoms with Crippen LogP contribution >= 0.6 is 0 Å². The van der Waals surface area contributed by atoms with Crippen molar-refractivity contribution >= 4 is 0 Å². The number of nitrogens with one attached hydrogen (secondary N) is 1. The largest absolute Gasteiger partial charge is 0.389 e. The van der Waals surface area contributed by atoms with Crippen molar-refractivity contribution in [2.24, 2.45) is 5.41 Å². The molecule has 1 rings (SSSR count). The summed E-state index contributed by atoms with van der Waals surface area (Å²) in [6, 6.07) is 0.00873. The number of halogens is 3. The Bertz CT molecular complexity index is 219. The summed E-state index contributed by atoms with van der Waals surface area (Å²) < 4.78 is 37.0. The van der Waals surface area contributed by atoms with Gasteiger partial charge in [0, 0.05) is 12.5 Å². The molecule has 1 atom stereocenters. The van der Waals surface area contributed by atoms with Crippen LogP contribution in [0.5, 0.6) is 0 Å². The van der Waals surface area contributed by atoms with Crippen LogP contribution in [0.3, 0.4) is 0 Å². The Kier molecular flexibility index (Phi) is 5.29. The van der Waals surface area contributed by atoms with Gasteiger partial charge < -0.3 is 5.32 Å². The third kappa shape index (κ3) is 4.86. The second kappa shape index (κ2) is 6.07. The van der Waals surface area contributed by atoms with Gasteiger partial charge in [0.2, 0.25) is 0 Å². The third-order valence-electron chi connectivity index (χ3n) is 4.00. The molecule has 102 valence electrons. The van der Waals surface area contributed by atoms with E-state index in [1.54, 1.807) is 0 Å². The molecule has 1 saturated carbocycles. The van der Waals surface area contributed by atoms with Gasteiger partial charge in [-0.1, -0.05) is 33.1 Å². The maximum absolute atomic E-state index is 12.3. The fraction of sp³-hybridized carbons (Fsp3) is 1.00. The molecule has 1 aliphatic carbocycles. The molecule has 0 saturated heterocycles. The van der Waals surface area contributed by atoms with Crippen molar-refractivity contribution in [1.82, 2.24) is 5.32 Å². The molecular weight excluding hydrogens is 227 g/mol. The van der Waals surface area contributed by atoms with Gasteiger partial charge in [-0.05, 0) is 31.2 Å². The Hall–Kier alpha value is -0.250. The molecule has 0 spiro atoms. The maximum atomic E-state index is 12.3. The van der Waals surface area contributed by atoms with E-state index in [4.69, 9.17) is 0 Å². The molecule has 1 unspecified atom stereocenters. The van der Waals surface area contributed by atoms with Crippen LogP contribution < -0.4 is 5.32 Å². The summed E-state index contributed by atoms with van der Waals surface area (Å²) in [7, 11) is 0. The van der Waals surface area contributed by atoms with Gasteiger partial charge in [-0.15, -0.1) is 0 Å². The van der Waals surface area contributed by atoms with Crippen molar-refractivity contribution in [3.63, 3.8) is 0 Å². The van der Waals surface area contributed by atoms with Crippen molar-refractivity contribution < 1.29 is 13.2 Å². The molecule has 0 amide bonds. The topological polar surface area (TPSA) is 12.0 Å². The van der Waals surface area contributed by atoms with E-state index in [2.05, 4.69) is 12.2 Å². The van der Waals surface area contributed by atoms with E-state index in [0.29, 0.717) is 0 Å². The van der Waals surface area contributed by atoms with Crippen LogP contribution in [0.2, 0.25) is 0 Å². The van der Waals surface area contributed by atoms with E-state index in [1.165, 1.54) is 6.42 Å². The number of hydrogen-bond donors (Lipinski definition) is 1. The quantitative estimate of drug-likeness (QED) is 0.769. The number of rotatable bonds is 5. The first-order chi connectivity index (χ1) is 7.87. The molecule has 1 N–H and O–H groups in total. The van der Waals surface area contributed by atoms with E-state index in [9.17, 15) is 13.2 Å². The van der Waals surface area contributed by atoms with Crippen LogP contribution in [0, 0.1) is 5.41 Å². The molecule has 1 fully saturated rings. The van der Waals surface area contributed by atoms with Gasteiger partial charge >= 0.3 is 6.18 Å². The smallest absolute Gasteiger partial charge is 0.314 e. The fourth-order valence-corrected chi connectivity index (χ4v) is 2.96. The van der Waals surface area contributed by atoms with Gasteiger partial charge in [-0.3, -0.25) is 0 Å². The molecule has 0 aromatic carbocycles. The molecule has 0 aromatic heterocycles. The molecule has 1 nitrogen and oxygen atoms in total. The normalized spacial score (nSPS) is 22.4. The van der Waals surface area contributed by atoms with Crippen molar-refractivity contribution in [3.8, 4) is 0 Å². The summed E-state index contributed by atoms with van der Waals surface area (Å²) in [6.07, 6.45) is 1.18. The average Bonchev–Trinajstić information content (AvgIpc) is 2.23. The minimum atomic E-state index is -4.03. The Morgan fingerprint density at radius 1 is 1.18 bits per heavy atom. The predicted octanol–water partition coefficient (Wildman–Crippen LogP) is 4.28. The van der Waals surface area contributed by atoms with Crippen molar-refractivity contribution in [3.05, 3.63) is 0 Å². The average molecular weight is 251 g/mol. The summed E-state index contributed by atoms with van der Waals surface area (Å²) in [6.45, 7) is 4.86. The Balaban J connectivity index is 2.57. The van der Waals surface area contributed by atoms with Gasteiger partial charge in [0.25, 0.3) is 0 Å². The van der Waals surface area contributed by atoms with Gasteiger partial charge in [-0.2, -0.15) is 13.2 Å². The number of alkyl halides is 3.